The number of carboxylic acids is 1. The third-order valence-corrected chi connectivity index (χ3v) is 3.00. The molecule has 0 aliphatic carbocycles. The molecule has 2 aromatic rings. The molecular weight excluding hydrogens is 290 g/mol. The average molecular weight is 307 g/mol. The van der Waals surface area contributed by atoms with Crippen LogP contribution in [0.25, 0.3) is 10.9 Å². The molecule has 0 aliphatic heterocycles. The van der Waals surface area contributed by atoms with Crippen LogP contribution in [0.15, 0.2) is 29.2 Å². The van der Waals surface area contributed by atoms with Gasteiger partial charge in [0.25, 0.3) is 6.47 Å². The lowest BCUT2D eigenvalue weighted by Gasteiger charge is -2.08. The highest BCUT2D eigenvalue weighted by atomic mass is 16.4. The highest BCUT2D eigenvalue weighted by Gasteiger charge is 2.13. The summed E-state index contributed by atoms with van der Waals surface area (Å²) in [6.45, 7) is 0.314. The largest absolute Gasteiger partial charge is 0.483 e. The molecule has 0 amide bonds. The Morgan fingerprint density at radius 3 is 2.55 bits per heavy atom. The zero-order chi connectivity index (χ0) is 16.7. The molecule has 1 aromatic heterocycles. The second-order valence-corrected chi connectivity index (χ2v) is 4.43. The predicted octanol–water partition coefficient (Wildman–Crippen LogP) is 0.00560. The van der Waals surface area contributed by atoms with E-state index < -0.39 is 11.4 Å². The van der Waals surface area contributed by atoms with Crippen LogP contribution in [0.1, 0.15) is 22.3 Å². The third-order valence-electron chi connectivity index (χ3n) is 3.00. The zero-order valence-corrected chi connectivity index (χ0v) is 11.7. The monoisotopic (exact) mass is 307 g/mol. The highest BCUT2D eigenvalue weighted by molar-refractivity contribution is 5.92. The van der Waals surface area contributed by atoms with Crippen LogP contribution in [-0.4, -0.2) is 33.9 Å². The number of carbonyl (C=O) groups is 2. The molecule has 1 heterocycles. The summed E-state index contributed by atoms with van der Waals surface area (Å²) in [7, 11) is 0. The first kappa shape index (κ1) is 17.2. The minimum Gasteiger partial charge on any atom is -0.483 e. The van der Waals surface area contributed by atoms with Crippen molar-refractivity contribution in [2.45, 2.75) is 12.8 Å². The Balaban J connectivity index is 0.000000745. The minimum atomic E-state index is -1.28. The Bertz CT molecular complexity index is 739. The number of nitrogen functional groups attached to an aromatic ring is 1. The molecule has 6 N–H and O–H groups in total. The number of aryl methyl sites for hydroxylation is 1. The van der Waals surface area contributed by atoms with E-state index in [0.29, 0.717) is 17.4 Å². The summed E-state index contributed by atoms with van der Waals surface area (Å²) < 4.78 is 1.16. The van der Waals surface area contributed by atoms with Crippen LogP contribution in [-0.2, 0) is 11.2 Å². The Morgan fingerprint density at radius 2 is 2.00 bits per heavy atom. The maximum atomic E-state index is 12.1. The molecule has 8 nitrogen and oxygen atoms in total. The van der Waals surface area contributed by atoms with E-state index in [-0.39, 0.29) is 12.0 Å². The van der Waals surface area contributed by atoms with Gasteiger partial charge in [-0.05, 0) is 37.1 Å². The maximum absolute atomic E-state index is 12.1. The van der Waals surface area contributed by atoms with E-state index in [1.807, 2.05) is 6.07 Å². The number of pyridine rings is 1. The van der Waals surface area contributed by atoms with Gasteiger partial charge >= 0.3 is 5.97 Å². The molecule has 0 saturated carbocycles. The molecule has 0 fully saturated rings. The lowest BCUT2D eigenvalue weighted by Crippen LogP contribution is -2.22. The predicted molar refractivity (Wildman–Crippen MR) is 81.4 cm³/mol. The summed E-state index contributed by atoms with van der Waals surface area (Å²) in [4.78, 5) is 31.4. The molecule has 22 heavy (non-hydrogen) atoms. The Hall–Kier alpha value is -2.87. The topological polar surface area (TPSA) is 149 Å². The summed E-state index contributed by atoms with van der Waals surface area (Å²) in [6.07, 6.45) is 2.68. The van der Waals surface area contributed by atoms with Gasteiger partial charge in [-0.15, -0.1) is 0 Å². The van der Waals surface area contributed by atoms with E-state index in [1.165, 1.54) is 0 Å². The molecule has 8 heteroatoms. The number of carboxylic acid groups (broad SMARTS) is 2. The van der Waals surface area contributed by atoms with Crippen LogP contribution in [0.4, 0.5) is 0 Å². The van der Waals surface area contributed by atoms with Crippen LogP contribution in [0.3, 0.4) is 0 Å². The molecule has 0 radical (unpaired) electrons. The number of fused-ring (bicyclic) bond motifs is 1. The third kappa shape index (κ3) is 3.83. The van der Waals surface area contributed by atoms with E-state index in [2.05, 4.69) is 0 Å². The number of hydrogen-bond donors (Lipinski definition) is 4. The van der Waals surface area contributed by atoms with E-state index >= 15 is 0 Å². The Morgan fingerprint density at radius 1 is 1.36 bits per heavy atom. The first-order valence-corrected chi connectivity index (χ1v) is 6.40. The molecule has 0 spiro atoms. The average Bonchev–Trinajstić information content (AvgIpc) is 2.49. The normalized spacial score (nSPS) is 9.86. The van der Waals surface area contributed by atoms with Gasteiger partial charge < -0.3 is 21.8 Å². The van der Waals surface area contributed by atoms with Gasteiger partial charge in [0.05, 0.1) is 5.52 Å². The highest BCUT2D eigenvalue weighted by Crippen LogP contribution is 2.14. The van der Waals surface area contributed by atoms with Crippen molar-refractivity contribution >= 4 is 23.3 Å². The molecule has 2 rings (SSSR count). The summed E-state index contributed by atoms with van der Waals surface area (Å²) in [6, 6.07) is 5.26. The number of nitrogens with two attached hydrogens (primary N) is 2. The van der Waals surface area contributed by atoms with Crippen LogP contribution < -0.4 is 17.0 Å². The smallest absolute Gasteiger partial charge is 0.341 e. The number of aromatic carboxylic acids is 1. The quantitative estimate of drug-likeness (QED) is 0.459. The number of nitrogens with zero attached hydrogens (tertiary/aromatic N) is 1. The van der Waals surface area contributed by atoms with Gasteiger partial charge in [-0.1, -0.05) is 6.07 Å². The number of benzene rings is 1. The molecule has 0 atom stereocenters. The maximum Gasteiger partial charge on any atom is 0.341 e. The number of hydrogen-bond acceptors (Lipinski definition) is 5. The minimum absolute atomic E-state index is 0.250. The van der Waals surface area contributed by atoms with Gasteiger partial charge in [0.1, 0.15) is 5.56 Å². The van der Waals surface area contributed by atoms with Gasteiger partial charge in [0.15, 0.2) is 0 Å². The number of rotatable bonds is 4. The fourth-order valence-electron chi connectivity index (χ4n) is 2.02. The first-order chi connectivity index (χ1) is 10.5. The van der Waals surface area contributed by atoms with Crippen molar-refractivity contribution in [1.29, 1.82) is 0 Å². The number of aromatic nitrogens is 1. The van der Waals surface area contributed by atoms with Crippen molar-refractivity contribution in [3.63, 3.8) is 0 Å². The molecule has 118 valence electrons. The van der Waals surface area contributed by atoms with Crippen molar-refractivity contribution in [2.24, 2.45) is 5.73 Å². The van der Waals surface area contributed by atoms with Gasteiger partial charge in [-0.25, -0.2) is 4.79 Å². The summed E-state index contributed by atoms with van der Waals surface area (Å²) in [5, 5.41) is 16.2. The SMILES string of the molecule is NCCCc1ccc2c(c1)c(=O)c(C(=O)O)cn2N.O=CO. The zero-order valence-electron chi connectivity index (χ0n) is 11.7. The van der Waals surface area contributed by atoms with Crippen molar-refractivity contribution in [3.05, 3.63) is 45.7 Å². The molecule has 0 saturated heterocycles. The summed E-state index contributed by atoms with van der Waals surface area (Å²) in [5.74, 6) is 4.43. The second kappa shape index (κ2) is 7.79. The van der Waals surface area contributed by atoms with E-state index in [1.54, 1.807) is 12.1 Å². The van der Waals surface area contributed by atoms with Crippen molar-refractivity contribution in [3.8, 4) is 0 Å². The van der Waals surface area contributed by atoms with Crippen LogP contribution >= 0.6 is 0 Å². The molecule has 0 unspecified atom stereocenters. The molecule has 0 aliphatic rings. The van der Waals surface area contributed by atoms with Gasteiger partial charge in [-0.2, -0.15) is 0 Å². The van der Waals surface area contributed by atoms with Crippen molar-refractivity contribution in [2.75, 3.05) is 12.4 Å². The van der Waals surface area contributed by atoms with E-state index in [4.69, 9.17) is 26.6 Å². The summed E-state index contributed by atoms with van der Waals surface area (Å²) in [5.41, 5.74) is 6.05. The van der Waals surface area contributed by atoms with Crippen molar-refractivity contribution in [1.82, 2.24) is 4.68 Å². The standard InChI is InChI=1S/C13H15N3O3.CH2O2/c14-5-1-2-8-3-4-11-9(6-8)12(17)10(13(18)19)7-16(11)15;2-1-3/h3-4,6-7H,1-2,5,14-15H2,(H,18,19);1H,(H,2,3). The lowest BCUT2D eigenvalue weighted by atomic mass is 10.0. The van der Waals surface area contributed by atoms with Gasteiger partial charge in [0, 0.05) is 11.6 Å². The molecule has 1 aromatic carbocycles. The fraction of sp³-hybridized carbons (Fsp3) is 0.214. The van der Waals surface area contributed by atoms with Crippen LogP contribution in [0, 0.1) is 0 Å². The lowest BCUT2D eigenvalue weighted by molar-refractivity contribution is -0.122. The van der Waals surface area contributed by atoms with Crippen molar-refractivity contribution < 1.29 is 19.8 Å². The van der Waals surface area contributed by atoms with E-state index in [0.717, 1.165) is 29.3 Å². The van der Waals surface area contributed by atoms with Crippen LogP contribution in [0.5, 0.6) is 0 Å². The summed E-state index contributed by atoms with van der Waals surface area (Å²) >= 11 is 0. The second-order valence-electron chi connectivity index (χ2n) is 4.43. The Kier molecular flexibility index (Phi) is 6.09. The molecular formula is C14H17N3O5. The van der Waals surface area contributed by atoms with E-state index in [9.17, 15) is 9.59 Å². The fourth-order valence-corrected chi connectivity index (χ4v) is 2.02. The Labute approximate surface area is 125 Å². The van der Waals surface area contributed by atoms with Gasteiger partial charge in [0.2, 0.25) is 5.43 Å². The molecule has 0 bridgehead atoms. The van der Waals surface area contributed by atoms with Gasteiger partial charge in [-0.3, -0.25) is 14.3 Å². The van der Waals surface area contributed by atoms with Crippen LogP contribution in [0.2, 0.25) is 0 Å². The first-order valence-electron chi connectivity index (χ1n) is 6.40.